The van der Waals surface area contributed by atoms with E-state index in [1.807, 2.05) is 22.7 Å². The van der Waals surface area contributed by atoms with E-state index in [0.29, 0.717) is 0 Å². The number of anilines is 3. The summed E-state index contributed by atoms with van der Waals surface area (Å²) in [6.45, 7) is 0. The largest absolute Gasteiger partial charge is 0.308 e. The minimum Gasteiger partial charge on any atom is -0.308 e. The van der Waals surface area contributed by atoms with Crippen LogP contribution in [-0.4, -0.2) is 0 Å². The van der Waals surface area contributed by atoms with Crippen LogP contribution in [0, 0.1) is 0 Å². The molecule has 3 heteroatoms. The van der Waals surface area contributed by atoms with Crippen molar-refractivity contribution in [2.45, 2.75) is 0 Å². The van der Waals surface area contributed by atoms with Crippen molar-refractivity contribution >= 4 is 80.1 Å². The lowest BCUT2D eigenvalue weighted by atomic mass is 9.98. The molecule has 10 rings (SSSR count). The van der Waals surface area contributed by atoms with Gasteiger partial charge in [0.05, 0.1) is 10.4 Å². The molecule has 0 fully saturated rings. The van der Waals surface area contributed by atoms with E-state index in [-0.39, 0.29) is 0 Å². The number of nitrogens with zero attached hydrogens (tertiary/aromatic N) is 1. The summed E-state index contributed by atoms with van der Waals surface area (Å²) >= 11 is 3.76. The smallest absolute Gasteiger partial charge is 0.0718 e. The van der Waals surface area contributed by atoms with Crippen molar-refractivity contribution in [3.05, 3.63) is 188 Å². The van der Waals surface area contributed by atoms with E-state index < -0.39 is 0 Å². The summed E-state index contributed by atoms with van der Waals surface area (Å²) < 4.78 is 5.24. The number of hydrogen-bond acceptors (Lipinski definition) is 3. The van der Waals surface area contributed by atoms with Gasteiger partial charge in [0.1, 0.15) is 0 Å². The highest BCUT2D eigenvalue weighted by Gasteiger charge is 2.23. The maximum absolute atomic E-state index is 2.47. The maximum Gasteiger partial charge on any atom is 0.0718 e. The Kier molecular flexibility index (Phi) is 7.26. The van der Waals surface area contributed by atoms with Crippen molar-refractivity contribution in [3.63, 3.8) is 0 Å². The lowest BCUT2D eigenvalue weighted by Crippen LogP contribution is -2.11. The number of benzene rings is 8. The van der Waals surface area contributed by atoms with Crippen molar-refractivity contribution in [3.8, 4) is 33.4 Å². The molecule has 0 aliphatic rings. The summed E-state index contributed by atoms with van der Waals surface area (Å²) in [5.41, 5.74) is 10.8. The van der Waals surface area contributed by atoms with Crippen LogP contribution in [0.25, 0.3) is 73.7 Å². The van der Waals surface area contributed by atoms with Crippen molar-refractivity contribution in [1.82, 2.24) is 0 Å². The highest BCUT2D eigenvalue weighted by Crippen LogP contribution is 2.50. The van der Waals surface area contributed by atoms with Crippen molar-refractivity contribution < 1.29 is 0 Å². The van der Waals surface area contributed by atoms with Gasteiger partial charge >= 0.3 is 0 Å². The number of rotatable bonds is 6. The normalized spacial score (nSPS) is 11.5. The summed E-state index contributed by atoms with van der Waals surface area (Å²) in [7, 11) is 0. The van der Waals surface area contributed by atoms with E-state index in [0.717, 1.165) is 11.4 Å². The monoisotopic (exact) mass is 685 g/mol. The Morgan fingerprint density at radius 2 is 0.765 bits per heavy atom. The number of thiophene rings is 2. The van der Waals surface area contributed by atoms with Gasteiger partial charge in [-0.1, -0.05) is 152 Å². The zero-order valence-corrected chi connectivity index (χ0v) is 29.3. The second kappa shape index (κ2) is 12.4. The summed E-state index contributed by atoms with van der Waals surface area (Å²) in [5, 5.41) is 5.22. The van der Waals surface area contributed by atoms with E-state index in [2.05, 4.69) is 193 Å². The van der Waals surface area contributed by atoms with Gasteiger partial charge in [0.15, 0.2) is 0 Å². The van der Waals surface area contributed by atoms with E-state index in [4.69, 9.17) is 0 Å². The molecule has 0 radical (unpaired) electrons. The summed E-state index contributed by atoms with van der Waals surface area (Å²) in [5.74, 6) is 0. The molecule has 0 saturated carbocycles. The SMILES string of the molecule is c1ccc(-c2ccc(N(c3ccc(-c4cccc5c4sc4ccccc45)cc3)c3c(-c4ccccc4)ccc4c3sc3ccccc34)cc2)cc1. The van der Waals surface area contributed by atoms with Crippen molar-refractivity contribution in [1.29, 1.82) is 0 Å². The average Bonchev–Trinajstić information content (AvgIpc) is 3.78. The predicted molar refractivity (Wildman–Crippen MR) is 223 cm³/mol. The Labute approximate surface area is 304 Å². The molecule has 0 unspecified atom stereocenters. The minimum absolute atomic E-state index is 1.12. The quantitative estimate of drug-likeness (QED) is 0.168. The highest BCUT2D eigenvalue weighted by atomic mass is 32.1. The standard InChI is InChI=1S/C48H31NS2/c1-3-12-32(13-4-1)33-22-26-36(27-23-33)49(37-28-24-35(25-29-37)39-18-11-19-42-40-16-7-9-20-44(40)50-47(39)42)46-38(34-14-5-2-6-15-34)30-31-43-41-17-8-10-21-45(41)51-48(43)46/h1-31H. The number of hydrogen-bond donors (Lipinski definition) is 0. The van der Waals surface area contributed by atoms with E-state index in [9.17, 15) is 0 Å². The van der Waals surface area contributed by atoms with Gasteiger partial charge in [-0.25, -0.2) is 0 Å². The molecular formula is C48H31NS2. The Morgan fingerprint density at radius 3 is 1.41 bits per heavy atom. The summed E-state index contributed by atoms with van der Waals surface area (Å²) in [6, 6.07) is 68.5. The molecule has 240 valence electrons. The third-order valence-electron chi connectivity index (χ3n) is 9.90. The Bertz CT molecular complexity index is 2830. The molecule has 0 aliphatic carbocycles. The van der Waals surface area contributed by atoms with Gasteiger partial charge in [0, 0.05) is 52.6 Å². The first-order valence-electron chi connectivity index (χ1n) is 17.3. The summed E-state index contributed by atoms with van der Waals surface area (Å²) in [4.78, 5) is 2.47. The second-order valence-electron chi connectivity index (χ2n) is 12.9. The molecule has 8 aromatic carbocycles. The lowest BCUT2D eigenvalue weighted by Gasteiger charge is -2.29. The highest BCUT2D eigenvalue weighted by molar-refractivity contribution is 7.26. The summed E-state index contributed by atoms with van der Waals surface area (Å²) in [6.07, 6.45) is 0. The Hall–Kier alpha value is -6.00. The number of fused-ring (bicyclic) bond motifs is 6. The van der Waals surface area contributed by atoms with Gasteiger partial charge in [-0.2, -0.15) is 0 Å². The lowest BCUT2D eigenvalue weighted by molar-refractivity contribution is 1.30. The molecule has 2 aromatic heterocycles. The molecule has 1 nitrogen and oxygen atoms in total. The fourth-order valence-electron chi connectivity index (χ4n) is 7.45. The molecule has 0 N–H and O–H groups in total. The zero-order valence-electron chi connectivity index (χ0n) is 27.7. The van der Waals surface area contributed by atoms with Gasteiger partial charge < -0.3 is 4.90 Å². The Morgan fingerprint density at radius 1 is 0.294 bits per heavy atom. The molecule has 0 bridgehead atoms. The molecule has 0 saturated heterocycles. The van der Waals surface area contributed by atoms with Crippen LogP contribution in [-0.2, 0) is 0 Å². The fraction of sp³-hybridized carbons (Fsp3) is 0. The maximum atomic E-state index is 2.47. The van der Waals surface area contributed by atoms with Crippen LogP contribution in [0.3, 0.4) is 0 Å². The van der Waals surface area contributed by atoms with Crippen LogP contribution in [0.5, 0.6) is 0 Å². The predicted octanol–water partition coefficient (Wildman–Crippen LogP) is 14.9. The third-order valence-corrected chi connectivity index (χ3v) is 12.3. The van der Waals surface area contributed by atoms with E-state index in [1.54, 1.807) is 0 Å². The minimum atomic E-state index is 1.12. The molecule has 51 heavy (non-hydrogen) atoms. The van der Waals surface area contributed by atoms with Crippen LogP contribution in [0.4, 0.5) is 17.1 Å². The average molecular weight is 686 g/mol. The molecular weight excluding hydrogens is 655 g/mol. The van der Waals surface area contributed by atoms with Crippen LogP contribution in [0.2, 0.25) is 0 Å². The topological polar surface area (TPSA) is 3.24 Å². The van der Waals surface area contributed by atoms with Gasteiger partial charge in [-0.15, -0.1) is 22.7 Å². The molecule has 10 aromatic rings. The third kappa shape index (κ3) is 5.13. The molecule has 0 spiro atoms. The van der Waals surface area contributed by atoms with Crippen LogP contribution in [0.1, 0.15) is 0 Å². The van der Waals surface area contributed by atoms with Crippen LogP contribution >= 0.6 is 22.7 Å². The first-order chi connectivity index (χ1) is 25.3. The fourth-order valence-corrected chi connectivity index (χ4v) is 9.93. The van der Waals surface area contributed by atoms with Gasteiger partial charge in [-0.05, 0) is 64.2 Å². The first kappa shape index (κ1) is 29.9. The van der Waals surface area contributed by atoms with Crippen molar-refractivity contribution in [2.24, 2.45) is 0 Å². The van der Waals surface area contributed by atoms with Crippen LogP contribution in [0.15, 0.2) is 188 Å². The molecule has 0 atom stereocenters. The van der Waals surface area contributed by atoms with Gasteiger partial charge in [-0.3, -0.25) is 0 Å². The molecule has 0 amide bonds. The van der Waals surface area contributed by atoms with E-state index in [1.165, 1.54) is 79.4 Å². The first-order valence-corrected chi connectivity index (χ1v) is 18.9. The van der Waals surface area contributed by atoms with Crippen molar-refractivity contribution in [2.75, 3.05) is 4.90 Å². The zero-order chi connectivity index (χ0) is 33.7. The molecule has 0 aliphatic heterocycles. The Balaban J connectivity index is 1.19. The molecule has 2 heterocycles. The van der Waals surface area contributed by atoms with E-state index >= 15 is 0 Å². The van der Waals surface area contributed by atoms with Gasteiger partial charge in [0.2, 0.25) is 0 Å². The van der Waals surface area contributed by atoms with Crippen LogP contribution < -0.4 is 4.90 Å². The second-order valence-corrected chi connectivity index (χ2v) is 15.0. The van der Waals surface area contributed by atoms with Gasteiger partial charge in [0.25, 0.3) is 0 Å².